The highest BCUT2D eigenvalue weighted by Gasteiger charge is 2.33. The largest absolute Gasteiger partial charge is 0.479 e. The molecule has 2 aromatic carbocycles. The maximum Gasteiger partial charge on any atom is 0.344 e. The second-order valence-electron chi connectivity index (χ2n) is 9.44. The zero-order valence-corrected chi connectivity index (χ0v) is 21.7. The van der Waals surface area contributed by atoms with E-state index in [2.05, 4.69) is 4.98 Å². The smallest absolute Gasteiger partial charge is 0.344 e. The molecule has 2 atom stereocenters. The Morgan fingerprint density at radius 2 is 1.84 bits per heavy atom. The summed E-state index contributed by atoms with van der Waals surface area (Å²) in [6.45, 7) is 2.77. The number of ether oxygens (including phenoxy) is 2. The van der Waals surface area contributed by atoms with Gasteiger partial charge in [0.1, 0.15) is 11.4 Å². The molecule has 10 heteroatoms. The van der Waals surface area contributed by atoms with Crippen LogP contribution in [-0.2, 0) is 11.3 Å². The first kappa shape index (κ1) is 27.3. The van der Waals surface area contributed by atoms with Crippen molar-refractivity contribution in [1.82, 2.24) is 9.88 Å². The number of hydrogen-bond donors (Lipinski definition) is 2. The summed E-state index contributed by atoms with van der Waals surface area (Å²) >= 11 is 0. The normalized spacial score (nSPS) is 16.1. The van der Waals surface area contributed by atoms with Gasteiger partial charge in [0, 0.05) is 25.7 Å². The molecular weight excluding hydrogens is 494 g/mol. The van der Waals surface area contributed by atoms with Crippen molar-refractivity contribution >= 4 is 11.7 Å². The van der Waals surface area contributed by atoms with Gasteiger partial charge in [-0.3, -0.25) is 0 Å². The van der Waals surface area contributed by atoms with E-state index in [1.54, 1.807) is 30.0 Å². The van der Waals surface area contributed by atoms with Crippen LogP contribution in [0.1, 0.15) is 25.3 Å². The van der Waals surface area contributed by atoms with Crippen LogP contribution in [0.5, 0.6) is 17.5 Å². The van der Waals surface area contributed by atoms with Crippen molar-refractivity contribution in [3.63, 3.8) is 0 Å². The first-order chi connectivity index (χ1) is 18.2. The Morgan fingerprint density at radius 3 is 2.47 bits per heavy atom. The first-order valence-electron chi connectivity index (χ1n) is 12.5. The van der Waals surface area contributed by atoms with Crippen LogP contribution in [0.25, 0.3) is 11.1 Å². The number of hydrogen-bond acceptors (Lipinski definition) is 7. The Balaban J connectivity index is 1.73. The third-order valence-corrected chi connectivity index (χ3v) is 6.65. The maximum atomic E-state index is 15.8. The van der Waals surface area contributed by atoms with Crippen LogP contribution in [0, 0.1) is 11.6 Å². The van der Waals surface area contributed by atoms with Crippen molar-refractivity contribution in [3.8, 4) is 28.6 Å². The third kappa shape index (κ3) is 5.87. The molecule has 0 bridgehead atoms. The molecule has 1 saturated heterocycles. The van der Waals surface area contributed by atoms with E-state index in [-0.39, 0.29) is 23.9 Å². The second-order valence-corrected chi connectivity index (χ2v) is 9.44. The van der Waals surface area contributed by atoms with Crippen LogP contribution in [-0.4, -0.2) is 60.3 Å². The molecule has 1 aliphatic heterocycles. The lowest BCUT2D eigenvalue weighted by molar-refractivity contribution is -0.145. The molecule has 8 nitrogen and oxygen atoms in total. The van der Waals surface area contributed by atoms with E-state index in [4.69, 9.17) is 15.2 Å². The summed E-state index contributed by atoms with van der Waals surface area (Å²) in [5.74, 6) is -4.16. The van der Waals surface area contributed by atoms with E-state index in [1.165, 1.54) is 0 Å². The summed E-state index contributed by atoms with van der Waals surface area (Å²) in [5.41, 5.74) is 8.08. The standard InChI is InChI=1S/C28H32F2N4O4/c1-4-22(28(35)36)38-27-24(30)25(34-12-11-20(16-34)33(2)3)23(29)26(32-27)37-21-10-6-9-19(14-21)18-8-5-7-17(13-18)15-31/h5-10,13-14,20,22H,4,11-12,15-16,31H2,1-3H3,(H,35,36). The van der Waals surface area contributed by atoms with Gasteiger partial charge in [0.2, 0.25) is 11.6 Å². The molecule has 1 fully saturated rings. The molecular formula is C28H32F2N4O4. The van der Waals surface area contributed by atoms with Gasteiger partial charge >= 0.3 is 5.97 Å². The Morgan fingerprint density at radius 1 is 1.16 bits per heavy atom. The van der Waals surface area contributed by atoms with E-state index >= 15 is 8.78 Å². The minimum absolute atomic E-state index is 0.0652. The first-order valence-corrected chi connectivity index (χ1v) is 12.5. The molecule has 0 spiro atoms. The fourth-order valence-corrected chi connectivity index (χ4v) is 4.45. The number of carboxylic acid groups (broad SMARTS) is 1. The molecule has 0 saturated carbocycles. The minimum Gasteiger partial charge on any atom is -0.479 e. The van der Waals surface area contributed by atoms with Crippen LogP contribution < -0.4 is 20.1 Å². The van der Waals surface area contributed by atoms with E-state index in [9.17, 15) is 9.90 Å². The van der Waals surface area contributed by atoms with E-state index in [0.717, 1.165) is 16.7 Å². The van der Waals surface area contributed by atoms with Gasteiger partial charge in [-0.2, -0.15) is 13.8 Å². The molecule has 4 rings (SSSR count). The predicted octanol–water partition coefficient (Wildman–Crippen LogP) is 4.66. The van der Waals surface area contributed by atoms with Crippen LogP contribution in [0.2, 0.25) is 0 Å². The predicted molar refractivity (Wildman–Crippen MR) is 141 cm³/mol. The van der Waals surface area contributed by atoms with E-state index in [1.807, 2.05) is 49.3 Å². The second kappa shape index (κ2) is 11.7. The number of carboxylic acids is 1. The Labute approximate surface area is 220 Å². The average Bonchev–Trinajstić information content (AvgIpc) is 3.40. The van der Waals surface area contributed by atoms with Crippen LogP contribution in [0.3, 0.4) is 0 Å². The highest BCUT2D eigenvalue weighted by Crippen LogP contribution is 2.39. The van der Waals surface area contributed by atoms with Crippen molar-refractivity contribution in [3.05, 3.63) is 65.7 Å². The van der Waals surface area contributed by atoms with Crippen LogP contribution >= 0.6 is 0 Å². The molecule has 0 aliphatic carbocycles. The molecule has 1 aliphatic rings. The van der Waals surface area contributed by atoms with Crippen molar-refractivity contribution in [2.75, 3.05) is 32.1 Å². The molecule has 2 unspecified atom stereocenters. The van der Waals surface area contributed by atoms with Crippen molar-refractivity contribution in [1.29, 1.82) is 0 Å². The number of aromatic nitrogens is 1. The SMILES string of the molecule is CCC(Oc1nc(Oc2cccc(-c3cccc(CN)c3)c2)c(F)c(N2CCC(N(C)C)C2)c1F)C(=O)O. The number of benzene rings is 2. The molecule has 3 aromatic rings. The molecule has 38 heavy (non-hydrogen) atoms. The molecule has 0 radical (unpaired) electrons. The lowest BCUT2D eigenvalue weighted by Crippen LogP contribution is -2.32. The van der Waals surface area contributed by atoms with Gasteiger partial charge in [-0.15, -0.1) is 0 Å². The monoisotopic (exact) mass is 526 g/mol. The number of aliphatic carboxylic acids is 1. The van der Waals surface area contributed by atoms with Gasteiger partial charge in [-0.25, -0.2) is 4.79 Å². The molecule has 3 N–H and O–H groups in total. The number of halogens is 2. The fourth-order valence-electron chi connectivity index (χ4n) is 4.45. The molecule has 2 heterocycles. The van der Waals surface area contributed by atoms with Gasteiger partial charge in [0.15, 0.2) is 6.10 Å². The Kier molecular flexibility index (Phi) is 8.43. The maximum absolute atomic E-state index is 15.8. The third-order valence-electron chi connectivity index (χ3n) is 6.65. The molecule has 1 aromatic heterocycles. The van der Waals surface area contributed by atoms with E-state index < -0.39 is 35.5 Å². The summed E-state index contributed by atoms with van der Waals surface area (Å²) in [6.07, 6.45) is -0.582. The summed E-state index contributed by atoms with van der Waals surface area (Å²) in [6, 6.07) is 14.8. The van der Waals surface area contributed by atoms with Gasteiger partial charge in [-0.1, -0.05) is 37.3 Å². The lowest BCUT2D eigenvalue weighted by atomic mass is 10.0. The highest BCUT2D eigenvalue weighted by atomic mass is 19.1. The quantitative estimate of drug-likeness (QED) is 0.394. The fraction of sp³-hybridized carbons (Fsp3) is 0.357. The summed E-state index contributed by atoms with van der Waals surface area (Å²) in [7, 11) is 3.82. The Hall–Kier alpha value is -3.76. The van der Waals surface area contributed by atoms with Gasteiger partial charge < -0.3 is 30.1 Å². The van der Waals surface area contributed by atoms with Gasteiger partial charge in [-0.05, 0) is 61.8 Å². The zero-order valence-electron chi connectivity index (χ0n) is 21.7. The number of anilines is 1. The van der Waals surface area contributed by atoms with Crippen molar-refractivity contribution in [2.24, 2.45) is 5.73 Å². The van der Waals surface area contributed by atoms with Crippen LogP contribution in [0.4, 0.5) is 14.5 Å². The topological polar surface area (TPSA) is 101 Å². The average molecular weight is 527 g/mol. The lowest BCUT2D eigenvalue weighted by Gasteiger charge is -2.24. The molecule has 0 amide bonds. The highest BCUT2D eigenvalue weighted by molar-refractivity contribution is 5.72. The number of likely N-dealkylation sites (N-methyl/N-ethyl adjacent to an activating group) is 1. The zero-order chi connectivity index (χ0) is 27.4. The van der Waals surface area contributed by atoms with E-state index in [0.29, 0.717) is 26.1 Å². The number of nitrogens with zero attached hydrogens (tertiary/aromatic N) is 3. The van der Waals surface area contributed by atoms with Crippen molar-refractivity contribution in [2.45, 2.75) is 38.5 Å². The van der Waals surface area contributed by atoms with Crippen molar-refractivity contribution < 1.29 is 28.2 Å². The number of carbonyl (C=O) groups is 1. The summed E-state index contributed by atoms with van der Waals surface area (Å²) in [5, 5.41) is 9.43. The number of pyridine rings is 1. The molecule has 202 valence electrons. The summed E-state index contributed by atoms with van der Waals surface area (Å²) in [4.78, 5) is 19.1. The number of nitrogens with two attached hydrogens (primary N) is 1. The Bertz CT molecular complexity index is 1300. The number of rotatable bonds is 10. The summed E-state index contributed by atoms with van der Waals surface area (Å²) < 4.78 is 42.7. The van der Waals surface area contributed by atoms with Gasteiger partial charge in [0.25, 0.3) is 11.8 Å². The van der Waals surface area contributed by atoms with Crippen LogP contribution in [0.15, 0.2) is 48.5 Å². The minimum atomic E-state index is -1.35. The van der Waals surface area contributed by atoms with Gasteiger partial charge in [0.05, 0.1) is 0 Å².